The Balaban J connectivity index is 2.12. The van der Waals surface area contributed by atoms with Gasteiger partial charge in [-0.1, -0.05) is 18.2 Å². The fourth-order valence-corrected chi connectivity index (χ4v) is 3.67. The van der Waals surface area contributed by atoms with Crippen LogP contribution in [-0.2, 0) is 15.6 Å². The Labute approximate surface area is 154 Å². The van der Waals surface area contributed by atoms with Crippen LogP contribution in [0.1, 0.15) is 35.6 Å². The van der Waals surface area contributed by atoms with E-state index >= 15 is 0 Å². The topological polar surface area (TPSA) is 78.2 Å². The number of hydrogen-bond acceptors (Lipinski definition) is 3. The summed E-state index contributed by atoms with van der Waals surface area (Å²) in [5, 5.41) is 18.4. The molecule has 1 atom stereocenters. The van der Waals surface area contributed by atoms with Gasteiger partial charge in [0.2, 0.25) is 0 Å². The number of rotatable bonds is 4. The van der Waals surface area contributed by atoms with Crippen molar-refractivity contribution >= 4 is 34.0 Å². The van der Waals surface area contributed by atoms with Crippen LogP contribution in [0.4, 0.5) is 0 Å². The van der Waals surface area contributed by atoms with Crippen LogP contribution < -0.4 is 0 Å². The summed E-state index contributed by atoms with van der Waals surface area (Å²) < 4.78 is 11.5. The third-order valence-electron chi connectivity index (χ3n) is 4.47. The van der Waals surface area contributed by atoms with E-state index in [1.165, 1.54) is 0 Å². The van der Waals surface area contributed by atoms with Crippen LogP contribution in [0.15, 0.2) is 52.9 Å². The molecule has 0 bridgehead atoms. The van der Waals surface area contributed by atoms with Gasteiger partial charge >= 0.3 is 5.97 Å². The van der Waals surface area contributed by atoms with Crippen molar-refractivity contribution in [2.75, 3.05) is 6.26 Å². The van der Waals surface area contributed by atoms with E-state index in [1.54, 1.807) is 18.4 Å². The standard InChI is InChI=1S/C21H17NO3S/c1-13-18(9-14-3-6-16(7-4-14)26(2)25)17-8-5-15(12-22)10-20(17)19(13)11-21(23)24/h3-10H,11H2,1-2H3,(H,23,24)/b18-9+. The van der Waals surface area contributed by atoms with Gasteiger partial charge in [-0.3, -0.25) is 9.00 Å². The molecule has 0 spiro atoms. The molecule has 130 valence electrons. The second-order valence-electron chi connectivity index (χ2n) is 6.13. The third kappa shape index (κ3) is 3.37. The highest BCUT2D eigenvalue weighted by Crippen LogP contribution is 2.43. The van der Waals surface area contributed by atoms with Crippen LogP contribution in [0.5, 0.6) is 0 Å². The van der Waals surface area contributed by atoms with E-state index in [0.29, 0.717) is 5.56 Å². The molecular formula is C21H17NO3S. The Hall–Kier alpha value is -2.97. The van der Waals surface area contributed by atoms with Crippen molar-refractivity contribution in [3.63, 3.8) is 0 Å². The Bertz CT molecular complexity index is 1020. The lowest BCUT2D eigenvalue weighted by Crippen LogP contribution is -1.97. The van der Waals surface area contributed by atoms with E-state index in [-0.39, 0.29) is 6.42 Å². The minimum absolute atomic E-state index is 0.0845. The van der Waals surface area contributed by atoms with Gasteiger partial charge in [-0.25, -0.2) is 0 Å². The first-order valence-electron chi connectivity index (χ1n) is 8.02. The summed E-state index contributed by atoms with van der Waals surface area (Å²) in [6, 6.07) is 14.9. The fourth-order valence-electron chi connectivity index (χ4n) is 3.15. The lowest BCUT2D eigenvalue weighted by atomic mass is 9.99. The van der Waals surface area contributed by atoms with E-state index < -0.39 is 16.8 Å². The average molecular weight is 363 g/mol. The highest BCUT2D eigenvalue weighted by atomic mass is 32.2. The number of nitrogens with zero attached hydrogens (tertiary/aromatic N) is 1. The Kier molecular flexibility index (Phi) is 4.88. The molecule has 1 N–H and O–H groups in total. The number of allylic oxidation sites excluding steroid dienone is 2. The van der Waals surface area contributed by atoms with E-state index in [0.717, 1.165) is 38.3 Å². The van der Waals surface area contributed by atoms with Gasteiger partial charge in [-0.05, 0) is 70.7 Å². The van der Waals surface area contributed by atoms with E-state index in [9.17, 15) is 14.1 Å². The summed E-state index contributed by atoms with van der Waals surface area (Å²) in [5.74, 6) is -0.899. The molecular weight excluding hydrogens is 346 g/mol. The van der Waals surface area contributed by atoms with Crippen LogP contribution in [0.2, 0.25) is 0 Å². The molecule has 0 radical (unpaired) electrons. The van der Waals surface area contributed by atoms with Gasteiger partial charge in [0.25, 0.3) is 0 Å². The van der Waals surface area contributed by atoms with Crippen molar-refractivity contribution < 1.29 is 14.1 Å². The molecule has 26 heavy (non-hydrogen) atoms. The number of aliphatic carboxylic acids is 1. The fraction of sp³-hybridized carbons (Fsp3) is 0.143. The zero-order valence-electron chi connectivity index (χ0n) is 14.4. The SMILES string of the molecule is CC1=C(CC(=O)O)c2cc(C#N)ccc2/C1=C/c1ccc(S(C)=O)cc1. The summed E-state index contributed by atoms with van der Waals surface area (Å²) in [7, 11) is -1.03. The number of carbonyl (C=O) groups is 1. The molecule has 0 saturated heterocycles. The van der Waals surface area contributed by atoms with Crippen molar-refractivity contribution in [2.45, 2.75) is 18.2 Å². The lowest BCUT2D eigenvalue weighted by molar-refractivity contribution is -0.135. The van der Waals surface area contributed by atoms with Crippen LogP contribution in [0, 0.1) is 11.3 Å². The first-order chi connectivity index (χ1) is 12.4. The molecule has 0 aliphatic heterocycles. The third-order valence-corrected chi connectivity index (χ3v) is 5.41. The summed E-state index contributed by atoms with van der Waals surface area (Å²) in [6.45, 7) is 1.91. The number of carboxylic acids is 1. The smallest absolute Gasteiger partial charge is 0.307 e. The van der Waals surface area contributed by atoms with Gasteiger partial charge in [0.1, 0.15) is 0 Å². The number of hydrogen-bond donors (Lipinski definition) is 1. The van der Waals surface area contributed by atoms with Gasteiger partial charge in [0.05, 0.1) is 18.1 Å². The van der Waals surface area contributed by atoms with Crippen LogP contribution in [-0.4, -0.2) is 21.5 Å². The molecule has 0 aromatic heterocycles. The molecule has 0 saturated carbocycles. The zero-order valence-corrected chi connectivity index (χ0v) is 15.3. The van der Waals surface area contributed by atoms with E-state index in [4.69, 9.17) is 5.26 Å². The molecule has 0 amide bonds. The maximum absolute atomic E-state index is 11.5. The highest BCUT2D eigenvalue weighted by Gasteiger charge is 2.25. The predicted molar refractivity (Wildman–Crippen MR) is 103 cm³/mol. The molecule has 1 unspecified atom stereocenters. The molecule has 2 aromatic rings. The first-order valence-corrected chi connectivity index (χ1v) is 9.58. The molecule has 4 nitrogen and oxygen atoms in total. The Morgan fingerprint density at radius 3 is 2.46 bits per heavy atom. The molecule has 2 aromatic carbocycles. The molecule has 3 rings (SSSR count). The highest BCUT2D eigenvalue weighted by molar-refractivity contribution is 7.84. The second kappa shape index (κ2) is 7.11. The van der Waals surface area contributed by atoms with Crippen LogP contribution >= 0.6 is 0 Å². The van der Waals surface area contributed by atoms with Gasteiger partial charge in [0, 0.05) is 22.0 Å². The average Bonchev–Trinajstić information content (AvgIpc) is 2.87. The van der Waals surface area contributed by atoms with Gasteiger partial charge < -0.3 is 5.11 Å². The molecule has 0 heterocycles. The quantitative estimate of drug-likeness (QED) is 0.887. The molecule has 1 aliphatic rings. The second-order valence-corrected chi connectivity index (χ2v) is 7.51. The largest absolute Gasteiger partial charge is 0.481 e. The van der Waals surface area contributed by atoms with Crippen LogP contribution in [0.25, 0.3) is 17.2 Å². The Morgan fingerprint density at radius 2 is 1.88 bits per heavy atom. The van der Waals surface area contributed by atoms with E-state index in [1.807, 2.05) is 43.3 Å². The maximum Gasteiger partial charge on any atom is 0.307 e. The predicted octanol–water partition coefficient (Wildman–Crippen LogP) is 4.10. The summed E-state index contributed by atoms with van der Waals surface area (Å²) in [6.07, 6.45) is 3.55. The van der Waals surface area contributed by atoms with Gasteiger partial charge in [0.15, 0.2) is 0 Å². The van der Waals surface area contributed by atoms with Crippen molar-refractivity contribution in [1.82, 2.24) is 0 Å². The van der Waals surface area contributed by atoms with Gasteiger partial charge in [-0.15, -0.1) is 0 Å². The van der Waals surface area contributed by atoms with Crippen LogP contribution in [0.3, 0.4) is 0 Å². The number of fused-ring (bicyclic) bond motifs is 1. The zero-order chi connectivity index (χ0) is 18.8. The van der Waals surface area contributed by atoms with Crippen molar-refractivity contribution in [2.24, 2.45) is 0 Å². The minimum atomic E-state index is -1.03. The maximum atomic E-state index is 11.5. The van der Waals surface area contributed by atoms with Crippen molar-refractivity contribution in [3.8, 4) is 6.07 Å². The first kappa shape index (κ1) is 17.8. The minimum Gasteiger partial charge on any atom is -0.481 e. The lowest BCUT2D eigenvalue weighted by Gasteiger charge is -2.05. The Morgan fingerprint density at radius 1 is 1.19 bits per heavy atom. The van der Waals surface area contributed by atoms with E-state index in [2.05, 4.69) is 6.07 Å². The molecule has 0 fully saturated rings. The summed E-state index contributed by atoms with van der Waals surface area (Å²) >= 11 is 0. The molecule has 5 heteroatoms. The van der Waals surface area contributed by atoms with Crippen molar-refractivity contribution in [1.29, 1.82) is 5.26 Å². The van der Waals surface area contributed by atoms with Gasteiger partial charge in [-0.2, -0.15) is 5.26 Å². The normalized spacial score (nSPS) is 15.7. The molecule has 1 aliphatic carbocycles. The van der Waals surface area contributed by atoms with Crippen molar-refractivity contribution in [3.05, 3.63) is 70.3 Å². The number of carboxylic acid groups (broad SMARTS) is 1. The summed E-state index contributed by atoms with van der Waals surface area (Å²) in [4.78, 5) is 12.0. The summed E-state index contributed by atoms with van der Waals surface area (Å²) in [5.41, 5.74) is 5.78. The number of benzene rings is 2. The monoisotopic (exact) mass is 363 g/mol. The number of nitriles is 1.